The van der Waals surface area contributed by atoms with Crippen LogP contribution in [0.5, 0.6) is 0 Å². The topological polar surface area (TPSA) is 24.5 Å². The minimum atomic E-state index is -0.853. The molecule has 0 amide bonds. The zero-order valence-corrected chi connectivity index (χ0v) is 13.6. The average molecular weight is 363 g/mol. The van der Waals surface area contributed by atoms with Crippen molar-refractivity contribution in [1.29, 1.82) is 0 Å². The Labute approximate surface area is 137 Å². The van der Waals surface area contributed by atoms with Crippen molar-refractivity contribution in [3.63, 3.8) is 0 Å². The van der Waals surface area contributed by atoms with E-state index in [1.54, 1.807) is 6.07 Å². The third-order valence-electron chi connectivity index (χ3n) is 4.40. The van der Waals surface area contributed by atoms with Crippen molar-refractivity contribution in [2.75, 3.05) is 31.6 Å². The van der Waals surface area contributed by atoms with Gasteiger partial charge >= 0.3 is 0 Å². The minimum Gasteiger partial charge on any atom is -0.383 e. The summed E-state index contributed by atoms with van der Waals surface area (Å²) in [4.78, 5) is 2.22. The van der Waals surface area contributed by atoms with Gasteiger partial charge in [0.25, 0.3) is 0 Å². The number of anilines is 1. The Morgan fingerprint density at radius 2 is 2.00 bits per heavy atom. The van der Waals surface area contributed by atoms with Gasteiger partial charge in [-0.05, 0) is 24.3 Å². The Hall–Kier alpha value is -1.43. The van der Waals surface area contributed by atoms with Crippen LogP contribution in [-0.4, -0.2) is 31.1 Å². The molecule has 2 aliphatic heterocycles. The van der Waals surface area contributed by atoms with E-state index in [1.807, 2.05) is 30.3 Å². The van der Waals surface area contributed by atoms with Crippen molar-refractivity contribution >= 4 is 21.6 Å². The van der Waals surface area contributed by atoms with Gasteiger partial charge in [0, 0.05) is 40.9 Å². The smallest absolute Gasteiger partial charge is 0.179 e. The molecule has 5 heteroatoms. The molecule has 3 nitrogen and oxygen atoms in total. The first-order valence-electron chi connectivity index (χ1n) is 7.40. The molecule has 1 unspecified atom stereocenters. The van der Waals surface area contributed by atoms with E-state index in [4.69, 9.17) is 4.74 Å². The van der Waals surface area contributed by atoms with Gasteiger partial charge in [-0.1, -0.05) is 34.1 Å². The number of ether oxygens (including phenoxy) is 1. The van der Waals surface area contributed by atoms with Crippen molar-refractivity contribution in [3.05, 3.63) is 63.9 Å². The quantitative estimate of drug-likeness (QED) is 0.839. The van der Waals surface area contributed by atoms with E-state index in [-0.39, 0.29) is 5.82 Å². The van der Waals surface area contributed by atoms with Crippen molar-refractivity contribution in [3.8, 4) is 0 Å². The number of benzene rings is 2. The second kappa shape index (κ2) is 5.33. The lowest BCUT2D eigenvalue weighted by Crippen LogP contribution is -2.44. The van der Waals surface area contributed by atoms with Crippen LogP contribution in [0, 0.1) is 5.82 Å². The molecule has 1 N–H and O–H groups in total. The predicted molar refractivity (Wildman–Crippen MR) is 87.3 cm³/mol. The maximum Gasteiger partial charge on any atom is 0.179 e. The highest BCUT2D eigenvalue weighted by Crippen LogP contribution is 2.46. The molecule has 1 saturated heterocycles. The molecule has 0 saturated carbocycles. The molecule has 0 aliphatic carbocycles. The molecule has 2 aromatic rings. The normalized spacial score (nSPS) is 24.3. The van der Waals surface area contributed by atoms with Gasteiger partial charge < -0.3 is 10.1 Å². The first-order chi connectivity index (χ1) is 10.7. The Balaban J connectivity index is 2.02. The first-order valence-corrected chi connectivity index (χ1v) is 8.19. The molecule has 0 radical (unpaired) electrons. The van der Waals surface area contributed by atoms with Crippen molar-refractivity contribution in [1.82, 2.24) is 4.90 Å². The second-order valence-electron chi connectivity index (χ2n) is 5.58. The summed E-state index contributed by atoms with van der Waals surface area (Å²) in [5.74, 6) is -0.234. The van der Waals surface area contributed by atoms with Crippen LogP contribution in [0.2, 0.25) is 0 Å². The third-order valence-corrected chi connectivity index (χ3v) is 4.89. The van der Waals surface area contributed by atoms with Crippen LogP contribution >= 0.6 is 15.9 Å². The van der Waals surface area contributed by atoms with Gasteiger partial charge in [-0.15, -0.1) is 0 Å². The van der Waals surface area contributed by atoms with E-state index >= 15 is 0 Å². The molecule has 2 aliphatic rings. The summed E-state index contributed by atoms with van der Waals surface area (Å²) in [5.41, 5.74) is 1.68. The van der Waals surface area contributed by atoms with Crippen molar-refractivity contribution in [2.45, 2.75) is 5.72 Å². The summed E-state index contributed by atoms with van der Waals surface area (Å²) in [6.45, 7) is 3.01. The summed E-state index contributed by atoms with van der Waals surface area (Å²) in [6.07, 6.45) is 0. The van der Waals surface area contributed by atoms with E-state index in [2.05, 4.69) is 26.1 Å². The van der Waals surface area contributed by atoms with Crippen LogP contribution < -0.4 is 5.32 Å². The number of nitrogens with one attached hydrogen (secondary N) is 1. The van der Waals surface area contributed by atoms with Gasteiger partial charge in [0.15, 0.2) is 5.72 Å². The highest BCUT2D eigenvalue weighted by molar-refractivity contribution is 9.10. The third kappa shape index (κ3) is 2.00. The fourth-order valence-electron chi connectivity index (χ4n) is 3.48. The van der Waals surface area contributed by atoms with Gasteiger partial charge in [0.2, 0.25) is 0 Å². The van der Waals surface area contributed by atoms with E-state index in [0.29, 0.717) is 12.2 Å². The summed E-state index contributed by atoms with van der Waals surface area (Å²) in [6, 6.07) is 12.9. The van der Waals surface area contributed by atoms with E-state index in [0.717, 1.165) is 35.4 Å². The van der Waals surface area contributed by atoms with Crippen LogP contribution in [0.15, 0.2) is 46.9 Å². The maximum absolute atomic E-state index is 14.6. The molecule has 0 aromatic heterocycles. The Kier molecular flexibility index (Phi) is 3.44. The van der Waals surface area contributed by atoms with E-state index < -0.39 is 5.72 Å². The van der Waals surface area contributed by atoms with Gasteiger partial charge in [-0.25, -0.2) is 4.39 Å². The average Bonchev–Trinajstić information content (AvgIpc) is 2.87. The lowest BCUT2D eigenvalue weighted by Gasteiger charge is -2.37. The van der Waals surface area contributed by atoms with Crippen LogP contribution in [0.1, 0.15) is 11.1 Å². The molecule has 1 fully saturated rings. The van der Waals surface area contributed by atoms with E-state index in [1.165, 1.54) is 6.07 Å². The SMILES string of the molecule is Fc1ccccc1C12OCCN1CCNc1ccc(Br)cc12. The van der Waals surface area contributed by atoms with Gasteiger partial charge in [-0.3, -0.25) is 4.90 Å². The van der Waals surface area contributed by atoms with E-state index in [9.17, 15) is 4.39 Å². The molecular weight excluding hydrogens is 347 g/mol. The van der Waals surface area contributed by atoms with Crippen LogP contribution in [-0.2, 0) is 10.5 Å². The Bertz CT molecular complexity index is 724. The number of nitrogens with zero attached hydrogens (tertiary/aromatic N) is 1. The van der Waals surface area contributed by atoms with Gasteiger partial charge in [0.05, 0.1) is 6.61 Å². The first kappa shape index (κ1) is 14.2. The highest BCUT2D eigenvalue weighted by atomic mass is 79.9. The molecular formula is C17H16BrFN2O. The lowest BCUT2D eigenvalue weighted by molar-refractivity contribution is -0.0510. The molecule has 114 valence electrons. The Morgan fingerprint density at radius 3 is 2.86 bits per heavy atom. The molecule has 22 heavy (non-hydrogen) atoms. The number of halogens is 2. The molecule has 0 bridgehead atoms. The maximum atomic E-state index is 14.6. The summed E-state index contributed by atoms with van der Waals surface area (Å²) >= 11 is 3.53. The molecule has 1 atom stereocenters. The van der Waals surface area contributed by atoms with Gasteiger partial charge in [-0.2, -0.15) is 0 Å². The molecule has 0 spiro atoms. The second-order valence-corrected chi connectivity index (χ2v) is 6.49. The number of fused-ring (bicyclic) bond motifs is 3. The summed E-state index contributed by atoms with van der Waals surface area (Å²) in [5, 5.41) is 3.43. The minimum absolute atomic E-state index is 0.234. The summed E-state index contributed by atoms with van der Waals surface area (Å²) in [7, 11) is 0. The monoisotopic (exact) mass is 362 g/mol. The number of hydrogen-bond acceptors (Lipinski definition) is 3. The molecule has 2 heterocycles. The van der Waals surface area contributed by atoms with Crippen molar-refractivity contribution < 1.29 is 9.13 Å². The molecule has 4 rings (SSSR count). The number of rotatable bonds is 1. The van der Waals surface area contributed by atoms with Crippen LogP contribution in [0.25, 0.3) is 0 Å². The predicted octanol–water partition coefficient (Wildman–Crippen LogP) is 3.55. The van der Waals surface area contributed by atoms with Crippen LogP contribution in [0.3, 0.4) is 0 Å². The lowest BCUT2D eigenvalue weighted by atomic mass is 9.91. The fourth-order valence-corrected chi connectivity index (χ4v) is 3.84. The summed E-state index contributed by atoms with van der Waals surface area (Å²) < 4.78 is 21.8. The zero-order valence-electron chi connectivity index (χ0n) is 12.0. The van der Waals surface area contributed by atoms with Crippen molar-refractivity contribution in [2.24, 2.45) is 0 Å². The largest absolute Gasteiger partial charge is 0.383 e. The zero-order chi connectivity index (χ0) is 15.2. The van der Waals surface area contributed by atoms with Gasteiger partial charge in [0.1, 0.15) is 5.82 Å². The standard InChI is InChI=1S/C17H16BrFN2O/c18-12-5-6-16-14(11-12)17(13-3-1-2-4-15(13)19)21(8-7-20-16)9-10-22-17/h1-6,11,20H,7-10H2. The Morgan fingerprint density at radius 1 is 1.14 bits per heavy atom. The highest BCUT2D eigenvalue weighted by Gasteiger charge is 2.49. The molecule has 2 aromatic carbocycles. The number of hydrogen-bond donors (Lipinski definition) is 1. The van der Waals surface area contributed by atoms with Crippen LogP contribution in [0.4, 0.5) is 10.1 Å². The fraction of sp³-hybridized carbons (Fsp3) is 0.294.